The Morgan fingerprint density at radius 1 is 1.08 bits per heavy atom. The number of halogens is 3. The van der Waals surface area contributed by atoms with Crippen molar-refractivity contribution in [2.45, 2.75) is 32.5 Å². The second-order valence-corrected chi connectivity index (χ2v) is 9.42. The molecule has 9 heteroatoms. The van der Waals surface area contributed by atoms with Gasteiger partial charge in [0.2, 0.25) is 0 Å². The molecule has 1 aliphatic rings. The van der Waals surface area contributed by atoms with Crippen molar-refractivity contribution in [3.05, 3.63) is 71.4 Å². The minimum atomic E-state index is -4.48. The van der Waals surface area contributed by atoms with Gasteiger partial charge in [-0.2, -0.15) is 13.2 Å². The number of nitrogens with zero attached hydrogens (tertiary/aromatic N) is 4. The molecule has 4 heterocycles. The van der Waals surface area contributed by atoms with Gasteiger partial charge >= 0.3 is 6.18 Å². The van der Waals surface area contributed by atoms with Gasteiger partial charge in [0.05, 0.1) is 29.8 Å². The highest BCUT2D eigenvalue weighted by molar-refractivity contribution is 5.87. The quantitative estimate of drug-likeness (QED) is 0.245. The maximum absolute atomic E-state index is 13.7. The SMILES string of the molecule is COc1cc(C=O)cc2nc(-c3cc4ccc(-c5ccccc5C(F)(F)F)nc4n3CC3CC3)c(C)n12. The molecule has 1 fully saturated rings. The fourth-order valence-corrected chi connectivity index (χ4v) is 4.93. The second-order valence-electron chi connectivity index (χ2n) is 9.42. The Morgan fingerprint density at radius 2 is 1.86 bits per heavy atom. The molecule has 188 valence electrons. The van der Waals surface area contributed by atoms with E-state index in [9.17, 15) is 18.0 Å². The first-order valence-corrected chi connectivity index (χ1v) is 12.0. The molecule has 0 bridgehead atoms. The summed E-state index contributed by atoms with van der Waals surface area (Å²) in [6.07, 6.45) is -1.55. The molecule has 0 aliphatic heterocycles. The third-order valence-electron chi connectivity index (χ3n) is 6.92. The standard InChI is InChI=1S/C28H23F3N4O2/c1-16-26(33-24-11-18(15-36)12-25(37-2)35(16)24)23-13-19-9-10-22(32-27(19)34(23)14-17-7-8-17)20-5-3-4-6-21(20)28(29,30)31/h3-6,9-13,15,17H,7-8,14H2,1-2H3. The Kier molecular flexibility index (Phi) is 5.33. The molecule has 0 atom stereocenters. The first-order valence-electron chi connectivity index (χ1n) is 12.0. The maximum atomic E-state index is 13.7. The number of aldehydes is 1. The number of alkyl halides is 3. The number of ether oxygens (including phenoxy) is 1. The monoisotopic (exact) mass is 504 g/mol. The third kappa shape index (κ3) is 3.94. The van der Waals surface area contributed by atoms with Crippen LogP contribution in [0.25, 0.3) is 39.3 Å². The van der Waals surface area contributed by atoms with Crippen molar-refractivity contribution < 1.29 is 22.7 Å². The molecular weight excluding hydrogens is 481 g/mol. The maximum Gasteiger partial charge on any atom is 0.417 e. The summed E-state index contributed by atoms with van der Waals surface area (Å²) in [4.78, 5) is 21.0. The normalized spacial score (nSPS) is 14.0. The highest BCUT2D eigenvalue weighted by Crippen LogP contribution is 2.39. The van der Waals surface area contributed by atoms with Crippen molar-refractivity contribution in [3.63, 3.8) is 0 Å². The summed E-state index contributed by atoms with van der Waals surface area (Å²) in [6.45, 7) is 2.62. The molecular formula is C28H23F3N4O2. The molecule has 0 saturated heterocycles. The number of aromatic nitrogens is 4. The fraction of sp³-hybridized carbons (Fsp3) is 0.250. The van der Waals surface area contributed by atoms with Crippen LogP contribution in [0.2, 0.25) is 0 Å². The van der Waals surface area contributed by atoms with Crippen molar-refractivity contribution in [1.82, 2.24) is 18.9 Å². The van der Waals surface area contributed by atoms with Gasteiger partial charge in [-0.25, -0.2) is 9.97 Å². The highest BCUT2D eigenvalue weighted by Gasteiger charge is 2.34. The summed E-state index contributed by atoms with van der Waals surface area (Å²) in [7, 11) is 1.54. The zero-order valence-electron chi connectivity index (χ0n) is 20.2. The van der Waals surface area contributed by atoms with Gasteiger partial charge in [0.1, 0.15) is 23.3 Å². The van der Waals surface area contributed by atoms with Crippen LogP contribution >= 0.6 is 0 Å². The van der Waals surface area contributed by atoms with Gasteiger partial charge < -0.3 is 9.30 Å². The molecule has 5 aromatic rings. The van der Waals surface area contributed by atoms with Crippen LogP contribution in [0, 0.1) is 12.8 Å². The molecule has 0 unspecified atom stereocenters. The predicted octanol–water partition coefficient (Wildman–Crippen LogP) is 6.58. The number of carbonyl (C=O) groups is 1. The van der Waals surface area contributed by atoms with Crippen molar-refractivity contribution in [3.8, 4) is 28.5 Å². The summed E-state index contributed by atoms with van der Waals surface area (Å²) in [5.74, 6) is 0.973. The Hall–Kier alpha value is -4.14. The molecule has 6 rings (SSSR count). The lowest BCUT2D eigenvalue weighted by molar-refractivity contribution is -0.137. The average molecular weight is 505 g/mol. The van der Waals surface area contributed by atoms with Gasteiger partial charge in [0.25, 0.3) is 0 Å². The Bertz CT molecular complexity index is 1680. The van der Waals surface area contributed by atoms with E-state index >= 15 is 0 Å². The van der Waals surface area contributed by atoms with E-state index in [4.69, 9.17) is 14.7 Å². The average Bonchev–Trinajstić information content (AvgIpc) is 3.56. The van der Waals surface area contributed by atoms with Crippen LogP contribution in [0.15, 0.2) is 54.6 Å². The molecule has 1 aliphatic carbocycles. The number of fused-ring (bicyclic) bond motifs is 2. The van der Waals surface area contributed by atoms with E-state index < -0.39 is 11.7 Å². The summed E-state index contributed by atoms with van der Waals surface area (Å²) in [6, 6.07) is 14.3. The molecule has 0 radical (unpaired) electrons. The van der Waals surface area contributed by atoms with Gasteiger partial charge in [-0.3, -0.25) is 9.20 Å². The zero-order valence-corrected chi connectivity index (χ0v) is 20.2. The molecule has 0 N–H and O–H groups in total. The third-order valence-corrected chi connectivity index (χ3v) is 6.92. The number of rotatable bonds is 6. The van der Waals surface area contributed by atoms with Crippen LogP contribution in [0.1, 0.15) is 34.5 Å². The number of imidazole rings is 1. The Labute approximate surface area is 210 Å². The van der Waals surface area contributed by atoms with Crippen LogP contribution < -0.4 is 4.74 Å². The predicted molar refractivity (Wildman–Crippen MR) is 134 cm³/mol. The second kappa shape index (κ2) is 8.47. The minimum Gasteiger partial charge on any atom is -0.482 e. The number of aryl methyl sites for hydroxylation is 1. The van der Waals surface area contributed by atoms with E-state index in [1.807, 2.05) is 23.5 Å². The molecule has 1 saturated carbocycles. The molecule has 0 amide bonds. The summed E-state index contributed by atoms with van der Waals surface area (Å²) < 4.78 is 50.6. The number of benzene rings is 1. The molecule has 37 heavy (non-hydrogen) atoms. The van der Waals surface area contributed by atoms with Crippen LogP contribution in [0.4, 0.5) is 13.2 Å². The largest absolute Gasteiger partial charge is 0.482 e. The number of carbonyl (C=O) groups excluding carboxylic acids is 1. The van der Waals surface area contributed by atoms with Crippen LogP contribution in [-0.4, -0.2) is 32.3 Å². The van der Waals surface area contributed by atoms with Crippen molar-refractivity contribution in [2.24, 2.45) is 5.92 Å². The van der Waals surface area contributed by atoms with E-state index in [0.29, 0.717) is 40.9 Å². The Balaban J connectivity index is 1.57. The van der Waals surface area contributed by atoms with E-state index in [1.165, 1.54) is 19.2 Å². The van der Waals surface area contributed by atoms with Gasteiger partial charge in [0, 0.05) is 29.1 Å². The summed E-state index contributed by atoms with van der Waals surface area (Å²) in [5, 5.41) is 0.820. The van der Waals surface area contributed by atoms with Crippen molar-refractivity contribution in [1.29, 1.82) is 0 Å². The van der Waals surface area contributed by atoms with E-state index in [-0.39, 0.29) is 11.3 Å². The first-order chi connectivity index (χ1) is 17.8. The molecule has 4 aromatic heterocycles. The van der Waals surface area contributed by atoms with Gasteiger partial charge in [-0.15, -0.1) is 0 Å². The van der Waals surface area contributed by atoms with Gasteiger partial charge in [-0.1, -0.05) is 18.2 Å². The number of hydrogen-bond acceptors (Lipinski definition) is 4. The fourth-order valence-electron chi connectivity index (χ4n) is 4.93. The smallest absolute Gasteiger partial charge is 0.417 e. The zero-order chi connectivity index (χ0) is 25.9. The highest BCUT2D eigenvalue weighted by atomic mass is 19.4. The van der Waals surface area contributed by atoms with Crippen LogP contribution in [0.3, 0.4) is 0 Å². The van der Waals surface area contributed by atoms with Crippen molar-refractivity contribution >= 4 is 23.0 Å². The van der Waals surface area contributed by atoms with Crippen molar-refractivity contribution in [2.75, 3.05) is 7.11 Å². The number of methoxy groups -OCH3 is 1. The first kappa shape index (κ1) is 23.3. The lowest BCUT2D eigenvalue weighted by Crippen LogP contribution is -2.08. The Morgan fingerprint density at radius 3 is 2.57 bits per heavy atom. The lowest BCUT2D eigenvalue weighted by atomic mass is 10.0. The van der Waals surface area contributed by atoms with Crippen LogP contribution in [0.5, 0.6) is 5.88 Å². The van der Waals surface area contributed by atoms with Gasteiger partial charge in [-0.05, 0) is 56.0 Å². The number of hydrogen-bond donors (Lipinski definition) is 0. The molecule has 6 nitrogen and oxygen atoms in total. The summed E-state index contributed by atoms with van der Waals surface area (Å²) >= 11 is 0. The topological polar surface area (TPSA) is 61.4 Å². The molecule has 1 aromatic carbocycles. The summed E-state index contributed by atoms with van der Waals surface area (Å²) in [5.41, 5.74) is 3.61. The van der Waals surface area contributed by atoms with E-state index in [0.717, 1.165) is 42.0 Å². The van der Waals surface area contributed by atoms with E-state index in [1.54, 1.807) is 24.3 Å². The van der Waals surface area contributed by atoms with Gasteiger partial charge in [0.15, 0.2) is 5.88 Å². The lowest BCUT2D eigenvalue weighted by Gasteiger charge is -2.13. The van der Waals surface area contributed by atoms with Crippen LogP contribution in [-0.2, 0) is 12.7 Å². The molecule has 0 spiro atoms. The van der Waals surface area contributed by atoms with E-state index in [2.05, 4.69) is 4.57 Å². The number of pyridine rings is 2. The minimum absolute atomic E-state index is 0.0488.